The molecule has 1 fully saturated rings. The van der Waals surface area contributed by atoms with Crippen LogP contribution in [0.3, 0.4) is 0 Å². The Kier molecular flexibility index (Phi) is 3.70. The van der Waals surface area contributed by atoms with Crippen LogP contribution in [0.5, 0.6) is 0 Å². The molecule has 0 radical (unpaired) electrons. The molecule has 0 aromatic carbocycles. The number of halogens is 1. The number of esters is 1. The smallest absolute Gasteiger partial charge is 0.351 e. The predicted molar refractivity (Wildman–Crippen MR) is 73.0 cm³/mol. The van der Waals surface area contributed by atoms with E-state index in [-0.39, 0.29) is 16.6 Å². The van der Waals surface area contributed by atoms with E-state index in [9.17, 15) is 14.4 Å². The number of anilines is 1. The van der Waals surface area contributed by atoms with Crippen LogP contribution >= 0.6 is 22.9 Å². The van der Waals surface area contributed by atoms with Crippen molar-refractivity contribution in [3.8, 4) is 0 Å². The Labute approximate surface area is 123 Å². The second-order valence-corrected chi connectivity index (χ2v) is 5.97. The maximum Gasteiger partial charge on any atom is 0.351 e. The first-order valence-electron chi connectivity index (χ1n) is 5.64. The molecule has 2 rings (SSSR count). The van der Waals surface area contributed by atoms with Crippen molar-refractivity contribution in [2.75, 3.05) is 18.6 Å². The minimum absolute atomic E-state index is 0.00826. The number of nitrogens with zero attached hydrogens (tertiary/aromatic N) is 2. The van der Waals surface area contributed by atoms with Gasteiger partial charge in [-0.1, -0.05) is 22.9 Å². The van der Waals surface area contributed by atoms with Gasteiger partial charge >= 0.3 is 5.97 Å². The molecule has 1 aliphatic rings. The Bertz CT molecular complexity index is 598. The number of ether oxygens (including phenoxy) is 1. The van der Waals surface area contributed by atoms with Crippen LogP contribution in [0.2, 0.25) is 5.15 Å². The quantitative estimate of drug-likeness (QED) is 0.642. The van der Waals surface area contributed by atoms with Crippen molar-refractivity contribution >= 4 is 45.9 Å². The summed E-state index contributed by atoms with van der Waals surface area (Å²) in [5.74, 6) is -1.47. The predicted octanol–water partition coefficient (Wildman–Crippen LogP) is 0.824. The van der Waals surface area contributed by atoms with Crippen LogP contribution in [-0.2, 0) is 14.3 Å². The van der Waals surface area contributed by atoms with Crippen LogP contribution in [0, 0.1) is 0 Å². The summed E-state index contributed by atoms with van der Waals surface area (Å²) < 4.78 is 4.59. The molecule has 7 nitrogen and oxygen atoms in total. The average molecular weight is 318 g/mol. The van der Waals surface area contributed by atoms with Crippen LogP contribution in [0.1, 0.15) is 23.5 Å². The lowest BCUT2D eigenvalue weighted by molar-refractivity contribution is -0.135. The largest absolute Gasteiger partial charge is 0.465 e. The molecule has 2 heterocycles. The van der Waals surface area contributed by atoms with Crippen LogP contribution in [0.4, 0.5) is 5.13 Å². The second-order valence-electron chi connectivity index (χ2n) is 4.63. The Hall–Kier alpha value is -1.67. The Morgan fingerprint density at radius 1 is 1.50 bits per heavy atom. The molecule has 0 atom stereocenters. The molecule has 1 aromatic rings. The zero-order valence-electron chi connectivity index (χ0n) is 11.0. The van der Waals surface area contributed by atoms with Gasteiger partial charge in [-0.25, -0.2) is 9.78 Å². The number of rotatable bonds is 2. The van der Waals surface area contributed by atoms with Gasteiger partial charge in [0, 0.05) is 0 Å². The first-order chi connectivity index (χ1) is 9.27. The van der Waals surface area contributed by atoms with Gasteiger partial charge in [-0.2, -0.15) is 0 Å². The first kappa shape index (κ1) is 14.7. The van der Waals surface area contributed by atoms with E-state index < -0.39 is 23.3 Å². The SMILES string of the molecule is COC(=O)c1sc(N2CC(=O)NC(=O)C2(C)C)nc1Cl. The fourth-order valence-corrected chi connectivity index (χ4v) is 3.06. The number of thiazole rings is 1. The summed E-state index contributed by atoms with van der Waals surface area (Å²) >= 11 is 6.87. The van der Waals surface area contributed by atoms with Gasteiger partial charge < -0.3 is 9.64 Å². The highest BCUT2D eigenvalue weighted by atomic mass is 35.5. The summed E-state index contributed by atoms with van der Waals surface area (Å²) in [6, 6.07) is 0. The summed E-state index contributed by atoms with van der Waals surface area (Å²) in [4.78, 5) is 40.6. The van der Waals surface area contributed by atoms with Gasteiger partial charge in [0.1, 0.15) is 12.1 Å². The lowest BCUT2D eigenvalue weighted by atomic mass is 10.00. The van der Waals surface area contributed by atoms with E-state index in [1.807, 2.05) is 0 Å². The number of amides is 2. The van der Waals surface area contributed by atoms with Crippen molar-refractivity contribution in [3.05, 3.63) is 10.0 Å². The number of carbonyl (C=O) groups excluding carboxylic acids is 3. The fraction of sp³-hybridized carbons (Fsp3) is 0.455. The fourth-order valence-electron chi connectivity index (χ4n) is 1.71. The van der Waals surface area contributed by atoms with Gasteiger partial charge in [-0.15, -0.1) is 0 Å². The number of imide groups is 1. The van der Waals surface area contributed by atoms with Crippen LogP contribution in [0.15, 0.2) is 0 Å². The molecule has 1 aliphatic heterocycles. The van der Waals surface area contributed by atoms with Crippen LogP contribution in [-0.4, -0.2) is 42.0 Å². The van der Waals surface area contributed by atoms with Gasteiger partial charge in [-0.05, 0) is 13.8 Å². The lowest BCUT2D eigenvalue weighted by Gasteiger charge is -2.39. The van der Waals surface area contributed by atoms with Crippen molar-refractivity contribution in [1.82, 2.24) is 10.3 Å². The molecule has 1 saturated heterocycles. The molecule has 1 N–H and O–H groups in total. The van der Waals surface area contributed by atoms with E-state index in [2.05, 4.69) is 15.0 Å². The van der Waals surface area contributed by atoms with Crippen molar-refractivity contribution < 1.29 is 19.1 Å². The van der Waals surface area contributed by atoms with E-state index >= 15 is 0 Å². The number of nitrogens with one attached hydrogen (secondary N) is 1. The minimum Gasteiger partial charge on any atom is -0.465 e. The molecule has 0 bridgehead atoms. The number of hydrogen-bond donors (Lipinski definition) is 1. The minimum atomic E-state index is -0.970. The maximum atomic E-state index is 11.9. The highest BCUT2D eigenvalue weighted by Crippen LogP contribution is 2.34. The Balaban J connectivity index is 2.42. The van der Waals surface area contributed by atoms with Crippen molar-refractivity contribution in [3.63, 3.8) is 0 Å². The molecule has 20 heavy (non-hydrogen) atoms. The van der Waals surface area contributed by atoms with Gasteiger partial charge in [0.05, 0.1) is 7.11 Å². The van der Waals surface area contributed by atoms with Gasteiger partial charge in [-0.3, -0.25) is 14.9 Å². The molecule has 0 unspecified atom stereocenters. The van der Waals surface area contributed by atoms with E-state index in [1.54, 1.807) is 13.8 Å². The summed E-state index contributed by atoms with van der Waals surface area (Å²) in [6.07, 6.45) is 0. The molecular formula is C11H12ClN3O4S. The Morgan fingerprint density at radius 3 is 2.75 bits per heavy atom. The summed E-state index contributed by atoms with van der Waals surface area (Å²) in [5, 5.41) is 2.57. The highest BCUT2D eigenvalue weighted by Gasteiger charge is 2.42. The topological polar surface area (TPSA) is 88.6 Å². The molecule has 2 amide bonds. The number of carbonyl (C=O) groups is 3. The van der Waals surface area contributed by atoms with Crippen LogP contribution < -0.4 is 10.2 Å². The third kappa shape index (κ3) is 2.36. The van der Waals surface area contributed by atoms with E-state index in [4.69, 9.17) is 11.6 Å². The molecular weight excluding hydrogens is 306 g/mol. The van der Waals surface area contributed by atoms with Gasteiger partial charge in [0.2, 0.25) is 5.91 Å². The molecule has 1 aromatic heterocycles. The summed E-state index contributed by atoms with van der Waals surface area (Å²) in [7, 11) is 1.24. The highest BCUT2D eigenvalue weighted by molar-refractivity contribution is 7.18. The Morgan fingerprint density at radius 2 is 2.15 bits per heavy atom. The zero-order chi connectivity index (χ0) is 15.1. The third-order valence-corrected chi connectivity index (χ3v) is 4.41. The van der Waals surface area contributed by atoms with E-state index in [1.165, 1.54) is 12.0 Å². The van der Waals surface area contributed by atoms with Gasteiger partial charge in [0.15, 0.2) is 15.2 Å². The standard InChI is InChI=1S/C11H12ClN3O4S/c1-11(2)9(18)13-5(16)4-15(11)10-14-7(12)6(20-10)8(17)19-3/h4H2,1-3H3,(H,13,16,18). The van der Waals surface area contributed by atoms with Crippen molar-refractivity contribution in [2.24, 2.45) is 0 Å². The second kappa shape index (κ2) is 5.02. The van der Waals surface area contributed by atoms with Crippen molar-refractivity contribution in [2.45, 2.75) is 19.4 Å². The summed E-state index contributed by atoms with van der Waals surface area (Å²) in [6.45, 7) is 3.27. The molecule has 0 saturated carbocycles. The van der Waals surface area contributed by atoms with Crippen LogP contribution in [0.25, 0.3) is 0 Å². The number of methoxy groups -OCH3 is 1. The number of piperazine rings is 1. The first-order valence-corrected chi connectivity index (χ1v) is 6.83. The maximum absolute atomic E-state index is 11.9. The molecule has 108 valence electrons. The van der Waals surface area contributed by atoms with E-state index in [0.717, 1.165) is 11.3 Å². The number of aromatic nitrogens is 1. The molecule has 9 heteroatoms. The van der Waals surface area contributed by atoms with Crippen molar-refractivity contribution in [1.29, 1.82) is 0 Å². The molecule has 0 aliphatic carbocycles. The molecule has 0 spiro atoms. The number of hydrogen-bond acceptors (Lipinski definition) is 7. The zero-order valence-corrected chi connectivity index (χ0v) is 12.6. The third-order valence-electron chi connectivity index (χ3n) is 2.96. The van der Waals surface area contributed by atoms with E-state index in [0.29, 0.717) is 5.13 Å². The lowest BCUT2D eigenvalue weighted by Crippen LogP contribution is -2.64. The average Bonchev–Trinajstić information content (AvgIpc) is 2.75. The monoisotopic (exact) mass is 317 g/mol. The normalized spacial score (nSPS) is 17.9. The van der Waals surface area contributed by atoms with Gasteiger partial charge in [0.25, 0.3) is 5.91 Å². The summed E-state index contributed by atoms with van der Waals surface area (Å²) in [5.41, 5.74) is -0.970.